The molecule has 2 saturated heterocycles. The number of nitrogens with zero attached hydrogens (tertiary/aromatic N) is 1. The number of hydrogen-bond acceptors (Lipinski definition) is 6. The van der Waals surface area contributed by atoms with Crippen LogP contribution < -0.4 is 15.0 Å². The third-order valence-corrected chi connectivity index (χ3v) is 8.08. The summed E-state index contributed by atoms with van der Waals surface area (Å²) in [6, 6.07) is 4.06. The molecule has 2 N–H and O–H groups in total. The Morgan fingerprint density at radius 2 is 1.97 bits per heavy atom. The molecule has 1 aromatic carbocycles. The molecule has 1 aromatic rings. The molecular formula is C29H40N2O6. The SMILES string of the molecule is COc1cc2cc(c1C)N(C)C(=O)CC[C@@]1(C)C[C@](C)(CO1)[C@@H]1C[C@](O)(C/C=C/C=C(\C)C2)NC(=O)O1. The van der Waals surface area contributed by atoms with Gasteiger partial charge in [0.25, 0.3) is 0 Å². The van der Waals surface area contributed by atoms with Crippen molar-refractivity contribution in [3.63, 3.8) is 0 Å². The monoisotopic (exact) mass is 512 g/mol. The number of anilines is 1. The molecule has 2 fully saturated rings. The molecular weight excluding hydrogens is 472 g/mol. The van der Waals surface area contributed by atoms with Crippen LogP contribution in [-0.4, -0.2) is 55.3 Å². The van der Waals surface area contributed by atoms with Crippen molar-refractivity contribution in [3.8, 4) is 5.75 Å². The first-order valence-electron chi connectivity index (χ1n) is 13.0. The zero-order chi connectivity index (χ0) is 27.0. The lowest BCUT2D eigenvalue weighted by atomic mass is 9.74. The fourth-order valence-electron chi connectivity index (χ4n) is 5.87. The Balaban J connectivity index is 1.70. The van der Waals surface area contributed by atoms with E-state index in [-0.39, 0.29) is 18.7 Å². The number of benzene rings is 1. The predicted octanol–water partition coefficient (Wildman–Crippen LogP) is 4.57. The number of methoxy groups -OCH3 is 1. The quantitative estimate of drug-likeness (QED) is 0.572. The molecule has 4 rings (SSSR count). The number of carbonyl (C=O) groups is 2. The molecule has 8 heteroatoms. The smallest absolute Gasteiger partial charge is 0.409 e. The molecule has 8 nitrogen and oxygen atoms in total. The minimum atomic E-state index is -1.40. The van der Waals surface area contributed by atoms with Crippen LogP contribution in [-0.2, 0) is 20.7 Å². The van der Waals surface area contributed by atoms with Gasteiger partial charge in [-0.3, -0.25) is 10.1 Å². The highest BCUT2D eigenvalue weighted by Crippen LogP contribution is 2.47. The van der Waals surface area contributed by atoms with E-state index in [1.54, 1.807) is 19.1 Å². The molecule has 6 bridgehead atoms. The molecule has 0 aliphatic carbocycles. The first-order chi connectivity index (χ1) is 17.4. The average molecular weight is 513 g/mol. The minimum absolute atomic E-state index is 0.00323. The Labute approximate surface area is 219 Å². The normalized spacial score (nSPS) is 35.3. The van der Waals surface area contributed by atoms with Crippen molar-refractivity contribution < 1.29 is 28.9 Å². The lowest BCUT2D eigenvalue weighted by Gasteiger charge is -2.42. The van der Waals surface area contributed by atoms with Gasteiger partial charge in [0.2, 0.25) is 5.91 Å². The molecule has 37 heavy (non-hydrogen) atoms. The summed E-state index contributed by atoms with van der Waals surface area (Å²) in [5.41, 5.74) is 1.47. The van der Waals surface area contributed by atoms with Crippen LogP contribution in [0, 0.1) is 12.3 Å². The summed E-state index contributed by atoms with van der Waals surface area (Å²) in [4.78, 5) is 27.4. The maximum Gasteiger partial charge on any atom is 0.409 e. The molecule has 2 amide bonds. The molecule has 3 aliphatic rings. The fraction of sp³-hybridized carbons (Fsp3) is 0.586. The van der Waals surface area contributed by atoms with Crippen molar-refractivity contribution in [2.45, 2.75) is 83.6 Å². The highest BCUT2D eigenvalue weighted by atomic mass is 16.6. The Hall–Kier alpha value is -2.84. The third kappa shape index (κ3) is 5.85. The number of rotatable bonds is 1. The van der Waals surface area contributed by atoms with E-state index in [9.17, 15) is 14.7 Å². The summed E-state index contributed by atoms with van der Waals surface area (Å²) in [6.45, 7) is 8.43. The van der Waals surface area contributed by atoms with Crippen molar-refractivity contribution in [2.24, 2.45) is 5.41 Å². The van der Waals surface area contributed by atoms with E-state index in [0.717, 1.165) is 28.1 Å². The molecule has 0 radical (unpaired) electrons. The van der Waals surface area contributed by atoms with E-state index in [4.69, 9.17) is 14.2 Å². The van der Waals surface area contributed by atoms with Crippen LogP contribution in [0.1, 0.15) is 64.0 Å². The van der Waals surface area contributed by atoms with Gasteiger partial charge in [-0.15, -0.1) is 0 Å². The molecule has 0 aromatic heterocycles. The number of hydrogen-bond donors (Lipinski definition) is 2. The van der Waals surface area contributed by atoms with Crippen molar-refractivity contribution in [1.29, 1.82) is 0 Å². The fourth-order valence-corrected chi connectivity index (χ4v) is 5.87. The van der Waals surface area contributed by atoms with Crippen LogP contribution in [0.2, 0.25) is 0 Å². The maximum atomic E-state index is 13.3. The second kappa shape index (κ2) is 10.1. The van der Waals surface area contributed by atoms with Gasteiger partial charge in [0.15, 0.2) is 0 Å². The third-order valence-electron chi connectivity index (χ3n) is 8.08. The number of aliphatic hydroxyl groups is 1. The van der Waals surface area contributed by atoms with Gasteiger partial charge in [0.1, 0.15) is 17.6 Å². The molecule has 3 aliphatic heterocycles. The topological polar surface area (TPSA) is 97.3 Å². The first-order valence-corrected chi connectivity index (χ1v) is 13.0. The van der Waals surface area contributed by atoms with E-state index in [2.05, 4.69) is 11.4 Å². The zero-order valence-electron chi connectivity index (χ0n) is 22.8. The second-order valence-electron chi connectivity index (χ2n) is 11.5. The average Bonchev–Trinajstić information content (AvgIpc) is 3.16. The predicted molar refractivity (Wildman–Crippen MR) is 142 cm³/mol. The van der Waals surface area contributed by atoms with Crippen LogP contribution in [0.3, 0.4) is 0 Å². The molecule has 0 saturated carbocycles. The van der Waals surface area contributed by atoms with Crippen LogP contribution in [0.4, 0.5) is 10.5 Å². The highest BCUT2D eigenvalue weighted by Gasteiger charge is 2.53. The van der Waals surface area contributed by atoms with Gasteiger partial charge in [-0.25, -0.2) is 4.79 Å². The number of amides is 2. The molecule has 3 heterocycles. The van der Waals surface area contributed by atoms with Crippen molar-refractivity contribution in [1.82, 2.24) is 5.32 Å². The summed E-state index contributed by atoms with van der Waals surface area (Å²) in [5.74, 6) is 0.741. The van der Waals surface area contributed by atoms with E-state index in [1.807, 2.05) is 52.0 Å². The Bertz CT molecular complexity index is 1130. The largest absolute Gasteiger partial charge is 0.496 e. The standard InChI is InChI=1S/C29H40N2O6/c1-19-9-7-8-11-29(34)16-24(37-26(33)30-29)27(3)17-28(4,36-18-27)12-10-25(32)31(5)22-14-21(13-19)15-23(35-6)20(22)2/h7-9,14-15,24,34H,10-13,16-18H2,1-6H3,(H,30,33)/b8-7+,19-9+/t24-,27+,28-,29+/m0/s1. The van der Waals surface area contributed by atoms with Crippen LogP contribution >= 0.6 is 0 Å². The van der Waals surface area contributed by atoms with E-state index >= 15 is 0 Å². The lowest BCUT2D eigenvalue weighted by molar-refractivity contribution is -0.119. The van der Waals surface area contributed by atoms with Gasteiger partial charge >= 0.3 is 6.09 Å². The summed E-state index contributed by atoms with van der Waals surface area (Å²) < 4.78 is 17.5. The minimum Gasteiger partial charge on any atom is -0.496 e. The van der Waals surface area contributed by atoms with Gasteiger partial charge < -0.3 is 24.2 Å². The van der Waals surface area contributed by atoms with Gasteiger partial charge in [-0.2, -0.15) is 0 Å². The van der Waals surface area contributed by atoms with E-state index in [1.165, 1.54) is 0 Å². The van der Waals surface area contributed by atoms with E-state index < -0.39 is 28.9 Å². The second-order valence-corrected chi connectivity index (χ2v) is 11.5. The van der Waals surface area contributed by atoms with Crippen molar-refractivity contribution >= 4 is 17.7 Å². The molecule has 202 valence electrons. The summed E-state index contributed by atoms with van der Waals surface area (Å²) in [5, 5.41) is 13.8. The van der Waals surface area contributed by atoms with Crippen LogP contribution in [0.25, 0.3) is 0 Å². The molecule has 4 atom stereocenters. The van der Waals surface area contributed by atoms with Crippen molar-refractivity contribution in [3.05, 3.63) is 47.1 Å². The Morgan fingerprint density at radius 3 is 2.70 bits per heavy atom. The lowest BCUT2D eigenvalue weighted by Crippen LogP contribution is -2.59. The number of fused-ring (bicyclic) bond motifs is 7. The van der Waals surface area contributed by atoms with Crippen LogP contribution in [0.15, 0.2) is 35.9 Å². The maximum absolute atomic E-state index is 13.3. The Kier molecular flexibility index (Phi) is 7.45. The summed E-state index contributed by atoms with van der Waals surface area (Å²) in [7, 11) is 3.45. The van der Waals surface area contributed by atoms with Gasteiger partial charge in [-0.05, 0) is 57.7 Å². The number of ether oxygens (including phenoxy) is 3. The van der Waals surface area contributed by atoms with Gasteiger partial charge in [-0.1, -0.05) is 30.7 Å². The van der Waals surface area contributed by atoms with Gasteiger partial charge in [0.05, 0.1) is 25.0 Å². The number of carbonyl (C=O) groups excluding carboxylic acids is 2. The number of alkyl carbamates (subject to hydrolysis) is 1. The summed E-state index contributed by atoms with van der Waals surface area (Å²) in [6.07, 6.45) is 7.30. The van der Waals surface area contributed by atoms with E-state index in [0.29, 0.717) is 32.3 Å². The van der Waals surface area contributed by atoms with Crippen molar-refractivity contribution in [2.75, 3.05) is 25.7 Å². The highest BCUT2D eigenvalue weighted by molar-refractivity contribution is 5.94. The molecule has 0 spiro atoms. The molecule has 0 unspecified atom stereocenters. The zero-order valence-corrected chi connectivity index (χ0v) is 22.8. The van der Waals surface area contributed by atoms with Gasteiger partial charge in [0, 0.05) is 37.3 Å². The number of allylic oxidation sites excluding steroid dienone is 3. The number of nitrogens with one attached hydrogen (secondary N) is 1. The van der Waals surface area contributed by atoms with Crippen LogP contribution in [0.5, 0.6) is 5.75 Å². The Morgan fingerprint density at radius 1 is 1.22 bits per heavy atom. The first kappa shape index (κ1) is 27.2. The summed E-state index contributed by atoms with van der Waals surface area (Å²) >= 11 is 0.